The number of rotatable bonds is 4. The lowest BCUT2D eigenvalue weighted by Gasteiger charge is -2.09. The maximum Gasteiger partial charge on any atom is 0.124 e. The molecule has 1 N–H and O–H groups in total. The molecule has 0 heterocycles. The van der Waals surface area contributed by atoms with Crippen molar-refractivity contribution in [1.29, 1.82) is 0 Å². The first-order chi connectivity index (χ1) is 6.70. The summed E-state index contributed by atoms with van der Waals surface area (Å²) in [6.45, 7) is 0. The Morgan fingerprint density at radius 3 is 2.64 bits per heavy atom. The Kier molecular flexibility index (Phi) is 4.23. The van der Waals surface area contributed by atoms with Gasteiger partial charge < -0.3 is 9.90 Å². The van der Waals surface area contributed by atoms with E-state index in [9.17, 15) is 9.90 Å². The van der Waals surface area contributed by atoms with E-state index < -0.39 is 0 Å². The zero-order chi connectivity index (χ0) is 10.6. The van der Waals surface area contributed by atoms with Crippen molar-refractivity contribution in [2.45, 2.75) is 12.8 Å². The van der Waals surface area contributed by atoms with E-state index in [1.807, 2.05) is 0 Å². The van der Waals surface area contributed by atoms with Gasteiger partial charge in [-0.2, -0.15) is 0 Å². The molecule has 0 unspecified atom stereocenters. The van der Waals surface area contributed by atoms with Crippen LogP contribution in [0.15, 0.2) is 12.1 Å². The van der Waals surface area contributed by atoms with Crippen LogP contribution in [0.25, 0.3) is 0 Å². The van der Waals surface area contributed by atoms with Crippen LogP contribution in [0.3, 0.4) is 0 Å². The average Bonchev–Trinajstić information content (AvgIpc) is 2.17. The summed E-state index contributed by atoms with van der Waals surface area (Å²) in [5.74, 6) is 0.510. The molecule has 0 aliphatic heterocycles. The second-order valence-electron chi connectivity index (χ2n) is 2.83. The van der Waals surface area contributed by atoms with Crippen molar-refractivity contribution >= 4 is 29.5 Å². The maximum absolute atomic E-state index is 10.4. The fourth-order valence-corrected chi connectivity index (χ4v) is 1.79. The largest absolute Gasteiger partial charge is 0.508 e. The lowest BCUT2D eigenvalue weighted by Crippen LogP contribution is -1.98. The van der Waals surface area contributed by atoms with Crippen LogP contribution in [0.2, 0.25) is 5.02 Å². The van der Waals surface area contributed by atoms with Gasteiger partial charge in [0.25, 0.3) is 0 Å². The minimum atomic E-state index is 0.0987. The smallest absolute Gasteiger partial charge is 0.124 e. The molecule has 0 radical (unpaired) electrons. The van der Waals surface area contributed by atoms with Gasteiger partial charge in [0.1, 0.15) is 12.0 Å². The standard InChI is InChI=1S/C10H10Cl2O2/c11-5-3-7-8(4-6-13)10(14)2-1-9(7)12/h1-2,6,14H,3-5H2. The number of hydrogen-bond acceptors (Lipinski definition) is 2. The Bertz CT molecular complexity index is 337. The highest BCUT2D eigenvalue weighted by Crippen LogP contribution is 2.28. The lowest BCUT2D eigenvalue weighted by molar-refractivity contribution is -0.107. The Morgan fingerprint density at radius 1 is 1.36 bits per heavy atom. The molecule has 0 aliphatic rings. The molecule has 0 aromatic heterocycles. The summed E-state index contributed by atoms with van der Waals surface area (Å²) < 4.78 is 0. The van der Waals surface area contributed by atoms with Crippen LogP contribution in [-0.2, 0) is 17.6 Å². The summed E-state index contributed by atoms with van der Waals surface area (Å²) in [7, 11) is 0. The molecule has 2 nitrogen and oxygen atoms in total. The number of carbonyl (C=O) groups excluding carboxylic acids is 1. The quantitative estimate of drug-likeness (QED) is 0.641. The highest BCUT2D eigenvalue weighted by atomic mass is 35.5. The van der Waals surface area contributed by atoms with Crippen LogP contribution in [0, 0.1) is 0 Å². The number of benzene rings is 1. The van der Waals surface area contributed by atoms with E-state index in [0.29, 0.717) is 22.9 Å². The molecule has 0 saturated carbocycles. The normalized spacial score (nSPS) is 10.1. The molecular formula is C10H10Cl2O2. The zero-order valence-corrected chi connectivity index (χ0v) is 8.98. The third-order valence-electron chi connectivity index (χ3n) is 1.98. The van der Waals surface area contributed by atoms with Crippen molar-refractivity contribution in [3.8, 4) is 5.75 Å². The molecule has 1 aromatic carbocycles. The number of aromatic hydroxyl groups is 1. The Labute approximate surface area is 92.5 Å². The summed E-state index contributed by atoms with van der Waals surface area (Å²) in [5.41, 5.74) is 1.34. The molecule has 14 heavy (non-hydrogen) atoms. The number of phenolic OH excluding ortho intramolecular Hbond substituents is 1. The summed E-state index contributed by atoms with van der Waals surface area (Å²) in [6, 6.07) is 3.09. The van der Waals surface area contributed by atoms with Crippen molar-refractivity contribution in [2.24, 2.45) is 0 Å². The topological polar surface area (TPSA) is 37.3 Å². The van der Waals surface area contributed by atoms with Crippen molar-refractivity contribution < 1.29 is 9.90 Å². The van der Waals surface area contributed by atoms with Gasteiger partial charge in [-0.3, -0.25) is 0 Å². The first-order valence-corrected chi connectivity index (χ1v) is 5.10. The highest BCUT2D eigenvalue weighted by Gasteiger charge is 2.10. The zero-order valence-electron chi connectivity index (χ0n) is 7.46. The number of alkyl halides is 1. The Morgan fingerprint density at radius 2 is 2.07 bits per heavy atom. The van der Waals surface area contributed by atoms with Gasteiger partial charge in [0.15, 0.2) is 0 Å². The maximum atomic E-state index is 10.4. The molecule has 1 rings (SSSR count). The molecule has 0 amide bonds. The second kappa shape index (κ2) is 5.23. The fraction of sp³-hybridized carbons (Fsp3) is 0.300. The third kappa shape index (κ3) is 2.40. The first kappa shape index (κ1) is 11.3. The van der Waals surface area contributed by atoms with Gasteiger partial charge in [-0.05, 0) is 24.1 Å². The molecule has 0 fully saturated rings. The van der Waals surface area contributed by atoms with Gasteiger partial charge in [0.05, 0.1) is 0 Å². The Balaban J connectivity index is 3.18. The van der Waals surface area contributed by atoms with E-state index in [2.05, 4.69) is 0 Å². The van der Waals surface area contributed by atoms with Crippen LogP contribution >= 0.6 is 23.2 Å². The summed E-state index contributed by atoms with van der Waals surface area (Å²) in [5, 5.41) is 10.1. The number of hydrogen-bond donors (Lipinski definition) is 1. The summed E-state index contributed by atoms with van der Waals surface area (Å²) in [6.07, 6.45) is 1.46. The molecule has 0 bridgehead atoms. The van der Waals surface area contributed by atoms with Crippen molar-refractivity contribution in [2.75, 3.05) is 5.88 Å². The number of carbonyl (C=O) groups is 1. The van der Waals surface area contributed by atoms with Crippen LogP contribution in [0.1, 0.15) is 11.1 Å². The van der Waals surface area contributed by atoms with E-state index in [1.165, 1.54) is 6.07 Å². The number of aldehydes is 1. The molecular weight excluding hydrogens is 223 g/mol. The van der Waals surface area contributed by atoms with Gasteiger partial charge in [0, 0.05) is 22.9 Å². The Hall–Kier alpha value is -0.730. The number of halogens is 2. The van der Waals surface area contributed by atoms with E-state index in [4.69, 9.17) is 23.2 Å². The number of phenols is 1. The van der Waals surface area contributed by atoms with Gasteiger partial charge in [0.2, 0.25) is 0 Å². The van der Waals surface area contributed by atoms with E-state index in [1.54, 1.807) is 6.07 Å². The van der Waals surface area contributed by atoms with Crippen LogP contribution in [0.4, 0.5) is 0 Å². The van der Waals surface area contributed by atoms with Gasteiger partial charge in [-0.15, -0.1) is 11.6 Å². The van der Waals surface area contributed by atoms with Crippen molar-refractivity contribution in [3.63, 3.8) is 0 Å². The predicted molar refractivity (Wildman–Crippen MR) is 57.3 cm³/mol. The summed E-state index contributed by atoms with van der Waals surface area (Å²) >= 11 is 11.5. The van der Waals surface area contributed by atoms with Crippen molar-refractivity contribution in [3.05, 3.63) is 28.3 Å². The second-order valence-corrected chi connectivity index (χ2v) is 3.62. The molecule has 4 heteroatoms. The van der Waals surface area contributed by atoms with Crippen LogP contribution in [-0.4, -0.2) is 17.3 Å². The first-order valence-electron chi connectivity index (χ1n) is 4.19. The summed E-state index contributed by atoms with van der Waals surface area (Å²) in [4.78, 5) is 10.4. The van der Waals surface area contributed by atoms with Crippen molar-refractivity contribution in [1.82, 2.24) is 0 Å². The molecule has 0 aliphatic carbocycles. The van der Waals surface area contributed by atoms with Crippen LogP contribution < -0.4 is 0 Å². The van der Waals surface area contributed by atoms with E-state index in [-0.39, 0.29) is 12.2 Å². The van der Waals surface area contributed by atoms with E-state index in [0.717, 1.165) is 11.8 Å². The van der Waals surface area contributed by atoms with Gasteiger partial charge in [-0.1, -0.05) is 11.6 Å². The molecule has 0 spiro atoms. The van der Waals surface area contributed by atoms with Gasteiger partial charge in [-0.25, -0.2) is 0 Å². The average molecular weight is 233 g/mol. The minimum absolute atomic E-state index is 0.0987. The minimum Gasteiger partial charge on any atom is -0.508 e. The molecule has 0 saturated heterocycles. The lowest BCUT2D eigenvalue weighted by atomic mass is 10.0. The van der Waals surface area contributed by atoms with Gasteiger partial charge >= 0.3 is 0 Å². The molecule has 1 aromatic rings. The van der Waals surface area contributed by atoms with Crippen LogP contribution in [0.5, 0.6) is 5.75 Å². The monoisotopic (exact) mass is 232 g/mol. The third-order valence-corrected chi connectivity index (χ3v) is 2.52. The predicted octanol–water partition coefficient (Wildman–Crippen LogP) is 2.57. The SMILES string of the molecule is O=CCc1c(O)ccc(Cl)c1CCCl. The molecule has 76 valence electrons. The van der Waals surface area contributed by atoms with E-state index >= 15 is 0 Å². The highest BCUT2D eigenvalue weighted by molar-refractivity contribution is 6.31. The fourth-order valence-electron chi connectivity index (χ4n) is 1.33. The molecule has 0 atom stereocenters.